The number of rotatable bonds is 5. The Morgan fingerprint density at radius 1 is 1.23 bits per heavy atom. The summed E-state index contributed by atoms with van der Waals surface area (Å²) in [6, 6.07) is 5.34. The fraction of sp³-hybridized carbons (Fsp3) is 0.524. The van der Waals surface area contributed by atoms with Crippen LogP contribution >= 0.6 is 0 Å². The first-order valence-electron chi connectivity index (χ1n) is 9.36. The van der Waals surface area contributed by atoms with E-state index in [1.165, 1.54) is 5.57 Å². The van der Waals surface area contributed by atoms with Crippen molar-refractivity contribution in [2.24, 2.45) is 23.0 Å². The quantitative estimate of drug-likeness (QED) is 0.793. The van der Waals surface area contributed by atoms with Gasteiger partial charge in [-0.25, -0.2) is 0 Å². The van der Waals surface area contributed by atoms with E-state index < -0.39 is 5.91 Å². The molecular formula is C21H29N3O2. The molecule has 26 heavy (non-hydrogen) atoms. The van der Waals surface area contributed by atoms with Crippen molar-refractivity contribution in [1.29, 1.82) is 0 Å². The molecule has 1 aromatic carbocycles. The number of primary amides is 1. The minimum Gasteiger partial charge on any atom is -0.370 e. The van der Waals surface area contributed by atoms with Gasteiger partial charge < -0.3 is 16.0 Å². The van der Waals surface area contributed by atoms with Crippen LogP contribution in [0.1, 0.15) is 50.9 Å². The topological polar surface area (TPSA) is 75.4 Å². The lowest BCUT2D eigenvalue weighted by molar-refractivity contribution is -0.118. The summed E-state index contributed by atoms with van der Waals surface area (Å²) < 4.78 is 0. The van der Waals surface area contributed by atoms with E-state index in [1.807, 2.05) is 6.07 Å². The van der Waals surface area contributed by atoms with Crippen LogP contribution in [-0.4, -0.2) is 24.9 Å². The molecule has 1 saturated heterocycles. The van der Waals surface area contributed by atoms with E-state index >= 15 is 0 Å². The lowest BCUT2D eigenvalue weighted by Gasteiger charge is -2.22. The highest BCUT2D eigenvalue weighted by Crippen LogP contribution is 2.59. The first kappa shape index (κ1) is 18.5. The number of carbonyl (C=O) groups is 2. The third-order valence-electron chi connectivity index (χ3n) is 5.69. The van der Waals surface area contributed by atoms with Gasteiger partial charge in [-0.3, -0.25) is 9.59 Å². The van der Waals surface area contributed by atoms with Crippen LogP contribution in [0.15, 0.2) is 29.8 Å². The molecule has 5 heteroatoms. The molecule has 1 aromatic rings. The molecule has 140 valence electrons. The largest absolute Gasteiger partial charge is 0.370 e. The summed E-state index contributed by atoms with van der Waals surface area (Å²) in [6.07, 6.45) is 4.47. The zero-order chi connectivity index (χ0) is 19.1. The van der Waals surface area contributed by atoms with Gasteiger partial charge in [0.15, 0.2) is 0 Å². The summed E-state index contributed by atoms with van der Waals surface area (Å²) in [6.45, 7) is 10.3. The van der Waals surface area contributed by atoms with Crippen LogP contribution in [0.25, 0.3) is 0 Å². The predicted octanol–water partition coefficient (Wildman–Crippen LogP) is 3.56. The van der Waals surface area contributed by atoms with Crippen LogP contribution in [0.5, 0.6) is 0 Å². The van der Waals surface area contributed by atoms with Gasteiger partial charge in [0.1, 0.15) is 0 Å². The fourth-order valence-corrected chi connectivity index (χ4v) is 4.08. The molecule has 1 aliphatic heterocycles. The van der Waals surface area contributed by atoms with Gasteiger partial charge in [0.2, 0.25) is 11.8 Å². The van der Waals surface area contributed by atoms with Crippen molar-refractivity contribution >= 4 is 23.2 Å². The molecule has 2 aliphatic rings. The Labute approximate surface area is 155 Å². The molecule has 0 radical (unpaired) electrons. The van der Waals surface area contributed by atoms with Crippen molar-refractivity contribution in [2.75, 3.05) is 23.3 Å². The number of carbonyl (C=O) groups excluding carboxylic acids is 2. The molecule has 0 bridgehead atoms. The number of nitrogens with one attached hydrogen (secondary N) is 1. The SMILES string of the molecule is CC(C)=C[C@@H]1[C@@H](C(=O)Nc2cc(C(N)=O)ccc2N2CCCC2)C1(C)C. The summed E-state index contributed by atoms with van der Waals surface area (Å²) in [5.41, 5.74) is 8.69. The number of hydrogen-bond donors (Lipinski definition) is 2. The maximum atomic E-state index is 13.0. The molecule has 1 heterocycles. The highest BCUT2D eigenvalue weighted by atomic mass is 16.2. The molecule has 1 aliphatic carbocycles. The maximum absolute atomic E-state index is 13.0. The van der Waals surface area contributed by atoms with Crippen molar-refractivity contribution in [2.45, 2.75) is 40.5 Å². The second kappa shape index (κ2) is 6.78. The standard InChI is InChI=1S/C21H29N3O2/c1-13(2)11-15-18(21(15,3)4)20(26)23-16-12-14(19(22)25)7-8-17(16)24-9-5-6-10-24/h7-8,11-12,15,18H,5-6,9-10H2,1-4H3,(H2,22,25)(H,23,26)/t15-,18+/m1/s1. The minimum atomic E-state index is -0.484. The summed E-state index contributed by atoms with van der Waals surface area (Å²) >= 11 is 0. The smallest absolute Gasteiger partial charge is 0.248 e. The first-order chi connectivity index (χ1) is 12.2. The van der Waals surface area contributed by atoms with Crippen LogP contribution < -0.4 is 16.0 Å². The summed E-state index contributed by atoms with van der Waals surface area (Å²) in [4.78, 5) is 26.8. The predicted molar refractivity (Wildman–Crippen MR) is 105 cm³/mol. The Bertz CT molecular complexity index is 757. The number of hydrogen-bond acceptors (Lipinski definition) is 3. The maximum Gasteiger partial charge on any atom is 0.248 e. The van der Waals surface area contributed by atoms with E-state index in [-0.39, 0.29) is 23.2 Å². The third kappa shape index (κ3) is 3.48. The molecule has 3 N–H and O–H groups in total. The molecule has 2 atom stereocenters. The highest BCUT2D eigenvalue weighted by Gasteiger charge is 2.60. The number of benzene rings is 1. The van der Waals surface area contributed by atoms with Crippen LogP contribution in [0.2, 0.25) is 0 Å². The van der Waals surface area contributed by atoms with E-state index in [1.54, 1.807) is 12.1 Å². The summed E-state index contributed by atoms with van der Waals surface area (Å²) in [5, 5.41) is 3.09. The van der Waals surface area contributed by atoms with E-state index in [4.69, 9.17) is 5.73 Å². The number of allylic oxidation sites excluding steroid dienone is 2. The van der Waals surface area contributed by atoms with E-state index in [2.05, 4.69) is 44.0 Å². The molecule has 2 fully saturated rings. The zero-order valence-electron chi connectivity index (χ0n) is 16.1. The van der Waals surface area contributed by atoms with Gasteiger partial charge in [0, 0.05) is 18.7 Å². The summed E-state index contributed by atoms with van der Waals surface area (Å²) in [5.74, 6) is -0.273. The normalized spacial score (nSPS) is 23.5. The number of amides is 2. The van der Waals surface area contributed by atoms with E-state index in [9.17, 15) is 9.59 Å². The van der Waals surface area contributed by atoms with Gasteiger partial charge in [0.25, 0.3) is 0 Å². The van der Waals surface area contributed by atoms with Crippen LogP contribution in [-0.2, 0) is 4.79 Å². The lowest BCUT2D eigenvalue weighted by Crippen LogP contribution is -2.23. The van der Waals surface area contributed by atoms with Crippen molar-refractivity contribution < 1.29 is 9.59 Å². The Kier molecular flexibility index (Phi) is 4.82. The van der Waals surface area contributed by atoms with Gasteiger partial charge in [-0.05, 0) is 56.2 Å². The van der Waals surface area contributed by atoms with Gasteiger partial charge in [-0.1, -0.05) is 25.5 Å². The Morgan fingerprint density at radius 3 is 2.46 bits per heavy atom. The van der Waals surface area contributed by atoms with E-state index in [0.717, 1.165) is 31.6 Å². The molecule has 3 rings (SSSR count). The van der Waals surface area contributed by atoms with E-state index in [0.29, 0.717) is 11.3 Å². The second-order valence-electron chi connectivity index (χ2n) is 8.35. The fourth-order valence-electron chi connectivity index (χ4n) is 4.08. The molecule has 1 saturated carbocycles. The van der Waals surface area contributed by atoms with Gasteiger partial charge in [0.05, 0.1) is 17.3 Å². The van der Waals surface area contributed by atoms with Gasteiger partial charge >= 0.3 is 0 Å². The van der Waals surface area contributed by atoms with Crippen LogP contribution in [0.4, 0.5) is 11.4 Å². The Balaban J connectivity index is 1.86. The number of nitrogens with two attached hydrogens (primary N) is 1. The monoisotopic (exact) mass is 355 g/mol. The molecule has 0 aromatic heterocycles. The Hall–Kier alpha value is -2.30. The molecule has 0 spiro atoms. The molecular weight excluding hydrogens is 326 g/mol. The zero-order valence-corrected chi connectivity index (χ0v) is 16.1. The summed E-state index contributed by atoms with van der Waals surface area (Å²) in [7, 11) is 0. The van der Waals surface area contributed by atoms with Gasteiger partial charge in [-0.15, -0.1) is 0 Å². The molecule has 5 nitrogen and oxygen atoms in total. The van der Waals surface area contributed by atoms with Crippen molar-refractivity contribution in [1.82, 2.24) is 0 Å². The third-order valence-corrected chi connectivity index (χ3v) is 5.69. The molecule has 0 unspecified atom stereocenters. The van der Waals surface area contributed by atoms with Crippen LogP contribution in [0, 0.1) is 17.3 Å². The Morgan fingerprint density at radius 2 is 1.88 bits per heavy atom. The van der Waals surface area contributed by atoms with Gasteiger partial charge in [-0.2, -0.15) is 0 Å². The highest BCUT2D eigenvalue weighted by molar-refractivity contribution is 6.01. The van der Waals surface area contributed by atoms with Crippen molar-refractivity contribution in [3.63, 3.8) is 0 Å². The first-order valence-corrected chi connectivity index (χ1v) is 9.36. The minimum absolute atomic E-state index is 0.0135. The van der Waals surface area contributed by atoms with Crippen molar-refractivity contribution in [3.05, 3.63) is 35.4 Å². The number of anilines is 2. The number of nitrogens with zero attached hydrogens (tertiary/aromatic N) is 1. The molecule has 2 amide bonds. The average molecular weight is 355 g/mol. The second-order valence-corrected chi connectivity index (χ2v) is 8.35. The van der Waals surface area contributed by atoms with Crippen LogP contribution in [0.3, 0.4) is 0 Å². The lowest BCUT2D eigenvalue weighted by atomic mass is 10.1. The average Bonchev–Trinajstić information content (AvgIpc) is 2.92. The van der Waals surface area contributed by atoms with Crippen molar-refractivity contribution in [3.8, 4) is 0 Å².